The van der Waals surface area contributed by atoms with E-state index < -0.39 is 11.6 Å². The van der Waals surface area contributed by atoms with Crippen LogP contribution in [0.15, 0.2) is 18.2 Å². The van der Waals surface area contributed by atoms with Crippen molar-refractivity contribution in [2.45, 2.75) is 18.9 Å². The molecular weight excluding hydrogens is 276 g/mol. The number of halogens is 2. The van der Waals surface area contributed by atoms with Crippen LogP contribution in [0.3, 0.4) is 0 Å². The third-order valence-electron chi connectivity index (χ3n) is 3.89. The van der Waals surface area contributed by atoms with Crippen LogP contribution in [0.25, 0.3) is 0 Å². The molecule has 114 valence electrons. The van der Waals surface area contributed by atoms with Crippen LogP contribution in [0.5, 0.6) is 0 Å². The Kier molecular flexibility index (Phi) is 4.05. The number of nitrogens with zero attached hydrogens (tertiary/aromatic N) is 2. The number of carbonyl (C=O) groups is 1. The first-order valence-corrected chi connectivity index (χ1v) is 7.33. The lowest BCUT2D eigenvalue weighted by Gasteiger charge is -2.35. The Labute approximate surface area is 122 Å². The minimum atomic E-state index is -0.559. The Bertz CT molecular complexity index is 505. The standard InChI is InChI=1S/C15H19F2N3O/c16-11-7-12(17)9-14(8-11)20-5-3-19(4-6-20)10-15(21)18-13-1-2-13/h7-9,13H,1-6,10H2,(H,18,21). The largest absolute Gasteiger partial charge is 0.369 e. The van der Waals surface area contributed by atoms with E-state index in [1.54, 1.807) is 0 Å². The van der Waals surface area contributed by atoms with Gasteiger partial charge in [-0.2, -0.15) is 0 Å². The number of hydrogen-bond donors (Lipinski definition) is 1. The maximum atomic E-state index is 13.2. The van der Waals surface area contributed by atoms with Crippen LogP contribution in [-0.2, 0) is 4.79 Å². The zero-order valence-corrected chi connectivity index (χ0v) is 11.8. The molecule has 0 aromatic heterocycles. The summed E-state index contributed by atoms with van der Waals surface area (Å²) in [6.45, 7) is 3.17. The Hall–Kier alpha value is -1.69. The van der Waals surface area contributed by atoms with Crippen LogP contribution in [0.2, 0.25) is 0 Å². The fourth-order valence-electron chi connectivity index (χ4n) is 2.59. The first-order valence-electron chi connectivity index (χ1n) is 7.33. The fourth-order valence-corrected chi connectivity index (χ4v) is 2.59. The Morgan fingerprint density at radius 1 is 1.10 bits per heavy atom. The second-order valence-electron chi connectivity index (χ2n) is 5.73. The predicted octanol–water partition coefficient (Wildman–Crippen LogP) is 1.37. The summed E-state index contributed by atoms with van der Waals surface area (Å²) in [6.07, 6.45) is 2.18. The molecule has 0 atom stereocenters. The number of hydrogen-bond acceptors (Lipinski definition) is 3. The van der Waals surface area contributed by atoms with Gasteiger partial charge in [-0.1, -0.05) is 0 Å². The maximum absolute atomic E-state index is 13.2. The fraction of sp³-hybridized carbons (Fsp3) is 0.533. The van der Waals surface area contributed by atoms with Crippen LogP contribution in [0.1, 0.15) is 12.8 Å². The molecular formula is C15H19F2N3O. The average Bonchev–Trinajstić information content (AvgIpc) is 3.22. The third kappa shape index (κ3) is 3.91. The predicted molar refractivity (Wildman–Crippen MR) is 76.2 cm³/mol. The van der Waals surface area contributed by atoms with E-state index in [-0.39, 0.29) is 5.91 Å². The van der Waals surface area contributed by atoms with Gasteiger partial charge in [0.15, 0.2) is 0 Å². The van der Waals surface area contributed by atoms with Gasteiger partial charge in [0.2, 0.25) is 5.91 Å². The molecule has 6 heteroatoms. The molecule has 2 fully saturated rings. The minimum absolute atomic E-state index is 0.0720. The highest BCUT2D eigenvalue weighted by atomic mass is 19.1. The lowest BCUT2D eigenvalue weighted by molar-refractivity contribution is -0.122. The molecule has 1 saturated carbocycles. The van der Waals surface area contributed by atoms with E-state index in [4.69, 9.17) is 0 Å². The zero-order valence-electron chi connectivity index (χ0n) is 11.8. The van der Waals surface area contributed by atoms with E-state index in [2.05, 4.69) is 10.2 Å². The maximum Gasteiger partial charge on any atom is 0.234 e. The van der Waals surface area contributed by atoms with Crippen molar-refractivity contribution in [2.75, 3.05) is 37.6 Å². The van der Waals surface area contributed by atoms with E-state index in [9.17, 15) is 13.6 Å². The van der Waals surface area contributed by atoms with Gasteiger partial charge in [0.25, 0.3) is 0 Å². The van der Waals surface area contributed by atoms with Crippen molar-refractivity contribution < 1.29 is 13.6 Å². The van der Waals surface area contributed by atoms with Crippen LogP contribution in [0.4, 0.5) is 14.5 Å². The molecule has 1 aliphatic heterocycles. The summed E-state index contributed by atoms with van der Waals surface area (Å²) in [6, 6.07) is 3.95. The molecule has 1 aromatic carbocycles. The van der Waals surface area contributed by atoms with Crippen molar-refractivity contribution in [3.63, 3.8) is 0 Å². The van der Waals surface area contributed by atoms with Crippen LogP contribution >= 0.6 is 0 Å². The van der Waals surface area contributed by atoms with Crippen molar-refractivity contribution in [1.29, 1.82) is 0 Å². The highest BCUT2D eigenvalue weighted by Gasteiger charge is 2.25. The van der Waals surface area contributed by atoms with Crippen molar-refractivity contribution in [1.82, 2.24) is 10.2 Å². The molecule has 1 N–H and O–H groups in total. The molecule has 1 amide bonds. The average molecular weight is 295 g/mol. The highest BCUT2D eigenvalue weighted by molar-refractivity contribution is 5.78. The summed E-state index contributed by atoms with van der Waals surface area (Å²) in [7, 11) is 0. The van der Waals surface area contributed by atoms with Gasteiger partial charge in [-0.15, -0.1) is 0 Å². The van der Waals surface area contributed by atoms with Crippen molar-refractivity contribution >= 4 is 11.6 Å². The topological polar surface area (TPSA) is 35.6 Å². The molecule has 2 aliphatic rings. The molecule has 3 rings (SSSR count). The summed E-state index contributed by atoms with van der Waals surface area (Å²) in [5.74, 6) is -1.05. The highest BCUT2D eigenvalue weighted by Crippen LogP contribution is 2.20. The van der Waals surface area contributed by atoms with Gasteiger partial charge < -0.3 is 10.2 Å². The summed E-state index contributed by atoms with van der Waals surface area (Å²) >= 11 is 0. The molecule has 0 spiro atoms. The van der Waals surface area contributed by atoms with E-state index in [1.165, 1.54) is 12.1 Å². The normalized spacial score (nSPS) is 19.6. The number of nitrogens with one attached hydrogen (secondary N) is 1. The molecule has 0 bridgehead atoms. The number of anilines is 1. The first kappa shape index (κ1) is 14.3. The van der Waals surface area contributed by atoms with Crippen molar-refractivity contribution in [3.8, 4) is 0 Å². The molecule has 1 aliphatic carbocycles. The van der Waals surface area contributed by atoms with E-state index >= 15 is 0 Å². The number of piperazine rings is 1. The molecule has 1 saturated heterocycles. The summed E-state index contributed by atoms with van der Waals surface area (Å²) in [4.78, 5) is 15.8. The van der Waals surface area contributed by atoms with Gasteiger partial charge in [0.05, 0.1) is 6.54 Å². The SMILES string of the molecule is O=C(CN1CCN(c2cc(F)cc(F)c2)CC1)NC1CC1. The quantitative estimate of drug-likeness (QED) is 0.911. The molecule has 4 nitrogen and oxygen atoms in total. The summed E-state index contributed by atoms with van der Waals surface area (Å²) in [5, 5.41) is 2.97. The molecule has 21 heavy (non-hydrogen) atoms. The Morgan fingerprint density at radius 2 is 1.71 bits per heavy atom. The second-order valence-corrected chi connectivity index (χ2v) is 5.73. The molecule has 0 radical (unpaired) electrons. The Morgan fingerprint density at radius 3 is 2.29 bits per heavy atom. The number of amides is 1. The summed E-state index contributed by atoms with van der Waals surface area (Å²) in [5.41, 5.74) is 0.564. The van der Waals surface area contributed by atoms with Crippen LogP contribution in [-0.4, -0.2) is 49.6 Å². The van der Waals surface area contributed by atoms with E-state index in [0.29, 0.717) is 31.4 Å². The monoisotopic (exact) mass is 295 g/mol. The zero-order chi connectivity index (χ0) is 14.8. The van der Waals surface area contributed by atoms with Gasteiger partial charge in [-0.05, 0) is 25.0 Å². The Balaban J connectivity index is 1.51. The van der Waals surface area contributed by atoms with Gasteiger partial charge in [-0.25, -0.2) is 8.78 Å². The summed E-state index contributed by atoms with van der Waals surface area (Å²) < 4.78 is 26.5. The smallest absolute Gasteiger partial charge is 0.234 e. The number of carbonyl (C=O) groups excluding carboxylic acids is 1. The van der Waals surface area contributed by atoms with Crippen LogP contribution in [0, 0.1) is 11.6 Å². The molecule has 1 aromatic rings. The second kappa shape index (κ2) is 5.97. The lowest BCUT2D eigenvalue weighted by atomic mass is 10.2. The van der Waals surface area contributed by atoms with Crippen LogP contribution < -0.4 is 10.2 Å². The minimum Gasteiger partial charge on any atom is -0.369 e. The van der Waals surface area contributed by atoms with Gasteiger partial charge in [0, 0.05) is 44.0 Å². The van der Waals surface area contributed by atoms with Gasteiger partial charge in [-0.3, -0.25) is 9.69 Å². The molecule has 0 unspecified atom stereocenters. The number of rotatable bonds is 4. The van der Waals surface area contributed by atoms with E-state index in [0.717, 1.165) is 32.0 Å². The van der Waals surface area contributed by atoms with E-state index in [1.807, 2.05) is 4.90 Å². The van der Waals surface area contributed by atoms with Gasteiger partial charge in [0.1, 0.15) is 11.6 Å². The number of benzene rings is 1. The van der Waals surface area contributed by atoms with Gasteiger partial charge >= 0.3 is 0 Å². The van der Waals surface area contributed by atoms with Crippen molar-refractivity contribution in [2.24, 2.45) is 0 Å². The third-order valence-corrected chi connectivity index (χ3v) is 3.89. The lowest BCUT2D eigenvalue weighted by Crippen LogP contribution is -2.49. The first-order chi connectivity index (χ1) is 10.1. The molecule has 1 heterocycles. The van der Waals surface area contributed by atoms with Crippen molar-refractivity contribution in [3.05, 3.63) is 29.8 Å².